The Bertz CT molecular complexity index is 923. The molecule has 26 heavy (non-hydrogen) atoms. The summed E-state index contributed by atoms with van der Waals surface area (Å²) in [6.45, 7) is 1.54. The van der Waals surface area contributed by atoms with E-state index in [1.165, 1.54) is 35.2 Å². The summed E-state index contributed by atoms with van der Waals surface area (Å²) in [4.78, 5) is 17.8. The minimum Gasteiger partial charge on any atom is -0.338 e. The Kier molecular flexibility index (Phi) is 4.68. The van der Waals surface area contributed by atoms with Crippen LogP contribution in [0.5, 0.6) is 0 Å². The van der Waals surface area contributed by atoms with Gasteiger partial charge in [-0.1, -0.05) is 28.3 Å². The number of rotatable bonds is 6. The fourth-order valence-electron chi connectivity index (χ4n) is 2.39. The number of anilines is 1. The molecule has 1 saturated carbocycles. The summed E-state index contributed by atoms with van der Waals surface area (Å²) in [5.41, 5.74) is 0.686. The number of hydrogen-bond acceptors (Lipinski definition) is 8. The van der Waals surface area contributed by atoms with Crippen molar-refractivity contribution in [1.29, 1.82) is 0 Å². The Morgan fingerprint density at radius 3 is 2.81 bits per heavy atom. The molecule has 1 fully saturated rings. The van der Waals surface area contributed by atoms with Crippen LogP contribution in [0.3, 0.4) is 0 Å². The van der Waals surface area contributed by atoms with Crippen molar-refractivity contribution in [2.75, 3.05) is 4.90 Å². The van der Waals surface area contributed by atoms with Crippen molar-refractivity contribution in [2.24, 2.45) is 0 Å². The molecule has 3 aromatic rings. The van der Waals surface area contributed by atoms with Crippen LogP contribution in [-0.4, -0.2) is 32.3 Å². The van der Waals surface area contributed by atoms with Gasteiger partial charge in [-0.25, -0.2) is 4.39 Å². The molecule has 4 rings (SSSR count). The number of amides is 1. The van der Waals surface area contributed by atoms with Gasteiger partial charge in [0.1, 0.15) is 5.82 Å². The molecule has 1 aromatic carbocycles. The van der Waals surface area contributed by atoms with E-state index in [2.05, 4.69) is 20.3 Å². The van der Waals surface area contributed by atoms with Gasteiger partial charge in [-0.15, -0.1) is 10.2 Å². The molecule has 0 bridgehead atoms. The summed E-state index contributed by atoms with van der Waals surface area (Å²) in [5.74, 6) is 0.963. The molecule has 0 saturated heterocycles. The van der Waals surface area contributed by atoms with Crippen LogP contribution in [0, 0.1) is 5.82 Å². The molecule has 10 heteroatoms. The normalized spacial score (nSPS) is 13.8. The zero-order chi connectivity index (χ0) is 18.1. The Morgan fingerprint density at radius 2 is 2.12 bits per heavy atom. The van der Waals surface area contributed by atoms with Crippen molar-refractivity contribution in [3.63, 3.8) is 0 Å². The molecule has 0 radical (unpaired) electrons. The summed E-state index contributed by atoms with van der Waals surface area (Å²) < 4.78 is 18.9. The van der Waals surface area contributed by atoms with Gasteiger partial charge in [-0.05, 0) is 37.1 Å². The minimum absolute atomic E-state index is 0.0129. The smallest absolute Gasteiger partial charge is 0.237 e. The van der Waals surface area contributed by atoms with Crippen LogP contribution in [0.25, 0.3) is 11.4 Å². The van der Waals surface area contributed by atoms with Crippen molar-refractivity contribution >= 4 is 34.1 Å². The van der Waals surface area contributed by atoms with Crippen LogP contribution >= 0.6 is 23.1 Å². The average Bonchev–Trinajstić information content (AvgIpc) is 3.15. The molecule has 2 heterocycles. The van der Waals surface area contributed by atoms with Gasteiger partial charge in [0.2, 0.25) is 22.8 Å². The number of aromatic nitrogens is 4. The second-order valence-corrected chi connectivity index (χ2v) is 7.96. The van der Waals surface area contributed by atoms with Crippen molar-refractivity contribution in [1.82, 2.24) is 20.3 Å². The zero-order valence-electron chi connectivity index (χ0n) is 13.8. The van der Waals surface area contributed by atoms with Crippen molar-refractivity contribution in [3.05, 3.63) is 36.0 Å². The first-order valence-electron chi connectivity index (χ1n) is 7.95. The largest absolute Gasteiger partial charge is 0.338 e. The van der Waals surface area contributed by atoms with Gasteiger partial charge in [0.05, 0.1) is 5.75 Å². The third-order valence-corrected chi connectivity index (χ3v) is 5.78. The van der Waals surface area contributed by atoms with Crippen molar-refractivity contribution < 1.29 is 13.7 Å². The molecule has 0 unspecified atom stereocenters. The van der Waals surface area contributed by atoms with Gasteiger partial charge in [-0.2, -0.15) is 4.98 Å². The van der Waals surface area contributed by atoms with E-state index in [9.17, 15) is 9.18 Å². The maximum absolute atomic E-state index is 13.0. The molecule has 1 amide bonds. The van der Waals surface area contributed by atoms with E-state index in [-0.39, 0.29) is 17.8 Å². The van der Waals surface area contributed by atoms with Crippen LogP contribution in [0.15, 0.2) is 33.1 Å². The number of benzene rings is 1. The first kappa shape index (κ1) is 17.1. The van der Waals surface area contributed by atoms with E-state index < -0.39 is 0 Å². The molecule has 1 aliphatic carbocycles. The molecule has 1 aliphatic rings. The van der Waals surface area contributed by atoms with Crippen LogP contribution < -0.4 is 4.90 Å². The highest BCUT2D eigenvalue weighted by Crippen LogP contribution is 2.36. The fraction of sp³-hybridized carbons (Fsp3) is 0.312. The number of carbonyl (C=O) groups excluding carboxylic acids is 1. The van der Waals surface area contributed by atoms with Crippen LogP contribution in [0.1, 0.15) is 25.7 Å². The molecular weight excluding hydrogens is 377 g/mol. The number of halogens is 1. The summed E-state index contributed by atoms with van der Waals surface area (Å²) >= 11 is 2.79. The van der Waals surface area contributed by atoms with E-state index in [4.69, 9.17) is 4.52 Å². The third kappa shape index (κ3) is 3.75. The van der Waals surface area contributed by atoms with Crippen molar-refractivity contribution in [2.45, 2.75) is 35.9 Å². The maximum Gasteiger partial charge on any atom is 0.237 e. The highest BCUT2D eigenvalue weighted by Gasteiger charge is 2.34. The second kappa shape index (κ2) is 7.12. The van der Waals surface area contributed by atoms with E-state index in [0.717, 1.165) is 17.2 Å². The fourth-order valence-corrected chi connectivity index (χ4v) is 4.19. The zero-order valence-corrected chi connectivity index (χ0v) is 15.4. The van der Waals surface area contributed by atoms with E-state index in [1.807, 2.05) is 0 Å². The van der Waals surface area contributed by atoms with Gasteiger partial charge >= 0.3 is 0 Å². The van der Waals surface area contributed by atoms with E-state index in [1.54, 1.807) is 24.0 Å². The molecule has 7 nitrogen and oxygen atoms in total. The van der Waals surface area contributed by atoms with Crippen LogP contribution in [-0.2, 0) is 10.5 Å². The van der Waals surface area contributed by atoms with Gasteiger partial charge in [0, 0.05) is 18.5 Å². The Morgan fingerprint density at radius 1 is 1.35 bits per heavy atom. The van der Waals surface area contributed by atoms with Gasteiger partial charge in [-0.3, -0.25) is 9.69 Å². The summed E-state index contributed by atoms with van der Waals surface area (Å²) in [6, 6.07) is 6.16. The lowest BCUT2D eigenvalue weighted by molar-refractivity contribution is -0.116. The predicted molar refractivity (Wildman–Crippen MR) is 95.3 cm³/mol. The summed E-state index contributed by atoms with van der Waals surface area (Å²) in [6.07, 6.45) is 2.02. The number of hydrogen-bond donors (Lipinski definition) is 0. The lowest BCUT2D eigenvalue weighted by Gasteiger charge is -2.15. The molecule has 0 atom stereocenters. The second-order valence-electron chi connectivity index (χ2n) is 5.78. The number of carbonyl (C=O) groups is 1. The number of nitrogens with zero attached hydrogens (tertiary/aromatic N) is 5. The van der Waals surface area contributed by atoms with E-state index >= 15 is 0 Å². The van der Waals surface area contributed by atoms with Gasteiger partial charge in [0.25, 0.3) is 0 Å². The third-order valence-electron chi connectivity index (χ3n) is 3.74. The molecule has 0 spiro atoms. The highest BCUT2D eigenvalue weighted by molar-refractivity contribution is 8.00. The maximum atomic E-state index is 13.0. The van der Waals surface area contributed by atoms with Gasteiger partial charge < -0.3 is 4.52 Å². The van der Waals surface area contributed by atoms with Gasteiger partial charge in [0.15, 0.2) is 4.34 Å². The highest BCUT2D eigenvalue weighted by atomic mass is 32.2. The molecule has 2 aromatic heterocycles. The summed E-state index contributed by atoms with van der Waals surface area (Å²) in [7, 11) is 0. The SMILES string of the molecule is CC(=O)N(c1nnc(SCc2nc(-c3ccc(F)cc3)no2)s1)C1CC1. The first-order valence-corrected chi connectivity index (χ1v) is 9.75. The quantitative estimate of drug-likeness (QED) is 0.469. The molecule has 0 N–H and O–H groups in total. The topological polar surface area (TPSA) is 85.0 Å². The molecule has 0 aliphatic heterocycles. The monoisotopic (exact) mass is 391 g/mol. The lowest BCUT2D eigenvalue weighted by atomic mass is 10.2. The first-order chi connectivity index (χ1) is 12.6. The summed E-state index contributed by atoms with van der Waals surface area (Å²) in [5, 5.41) is 12.8. The number of thioether (sulfide) groups is 1. The predicted octanol–water partition coefficient (Wildman–Crippen LogP) is 3.53. The standard InChI is InChI=1S/C16H14FN5O2S2/c1-9(23)22(12-6-7-12)15-19-20-16(26-15)25-8-13-18-14(21-24-13)10-2-4-11(17)5-3-10/h2-5,12H,6-8H2,1H3. The van der Waals surface area contributed by atoms with E-state index in [0.29, 0.717) is 28.2 Å². The Hall–Kier alpha value is -2.33. The minimum atomic E-state index is -0.314. The molecule has 134 valence electrons. The molecular formula is C16H14FN5O2S2. The Balaban J connectivity index is 1.40. The van der Waals surface area contributed by atoms with Crippen LogP contribution in [0.2, 0.25) is 0 Å². The van der Waals surface area contributed by atoms with Crippen LogP contribution in [0.4, 0.5) is 9.52 Å². The average molecular weight is 391 g/mol. The van der Waals surface area contributed by atoms with Crippen molar-refractivity contribution in [3.8, 4) is 11.4 Å². The Labute approximate surface area is 156 Å². The lowest BCUT2D eigenvalue weighted by Crippen LogP contribution is -2.30.